The molecule has 0 fully saturated rings. The highest BCUT2D eigenvalue weighted by atomic mass is 16.1. The minimum Gasteiger partial charge on any atom is -0.319 e. The van der Waals surface area contributed by atoms with Gasteiger partial charge in [-0.1, -0.05) is 25.1 Å². The number of carbonyl (C=O) groups is 1. The Morgan fingerprint density at radius 3 is 2.92 bits per heavy atom. The van der Waals surface area contributed by atoms with Gasteiger partial charge in [0.1, 0.15) is 5.69 Å². The summed E-state index contributed by atoms with van der Waals surface area (Å²) in [6.07, 6.45) is 4.01. The summed E-state index contributed by atoms with van der Waals surface area (Å²) in [6, 6.07) is 11.5. The fourth-order valence-electron chi connectivity index (χ4n) is 2.69. The SMILES string of the molecule is CCc1nc2ccccc2cc1NC(=O)c1cc2cn[nH]c2cn1. The number of para-hydroxylation sites is 1. The first-order valence-electron chi connectivity index (χ1n) is 7.74. The molecule has 118 valence electrons. The molecular weight excluding hydrogens is 302 g/mol. The van der Waals surface area contributed by atoms with Crippen molar-refractivity contribution >= 4 is 33.4 Å². The van der Waals surface area contributed by atoms with Gasteiger partial charge in [-0.2, -0.15) is 5.10 Å². The Labute approximate surface area is 137 Å². The summed E-state index contributed by atoms with van der Waals surface area (Å²) >= 11 is 0. The third-order valence-electron chi connectivity index (χ3n) is 3.94. The Bertz CT molecular complexity index is 1050. The van der Waals surface area contributed by atoms with Crippen molar-refractivity contribution in [3.8, 4) is 0 Å². The first kappa shape index (κ1) is 14.3. The van der Waals surface area contributed by atoms with E-state index in [0.29, 0.717) is 5.69 Å². The average Bonchev–Trinajstić information content (AvgIpc) is 3.08. The number of fused-ring (bicyclic) bond motifs is 2. The summed E-state index contributed by atoms with van der Waals surface area (Å²) in [5, 5.41) is 11.5. The molecule has 0 spiro atoms. The molecule has 4 aromatic rings. The van der Waals surface area contributed by atoms with E-state index in [1.165, 1.54) is 0 Å². The van der Waals surface area contributed by atoms with Crippen LogP contribution in [0.15, 0.2) is 48.8 Å². The van der Waals surface area contributed by atoms with Gasteiger partial charge in [0.15, 0.2) is 0 Å². The molecule has 3 heterocycles. The third-order valence-corrected chi connectivity index (χ3v) is 3.94. The Morgan fingerprint density at radius 2 is 2.04 bits per heavy atom. The molecule has 0 aliphatic carbocycles. The average molecular weight is 317 g/mol. The van der Waals surface area contributed by atoms with Crippen LogP contribution in [0, 0.1) is 0 Å². The molecule has 0 saturated carbocycles. The topological polar surface area (TPSA) is 83.6 Å². The van der Waals surface area contributed by atoms with Crippen LogP contribution in [0.5, 0.6) is 0 Å². The van der Waals surface area contributed by atoms with Crippen LogP contribution in [-0.2, 0) is 6.42 Å². The molecule has 1 aromatic carbocycles. The molecule has 1 amide bonds. The summed E-state index contributed by atoms with van der Waals surface area (Å²) < 4.78 is 0. The Kier molecular flexibility index (Phi) is 3.42. The van der Waals surface area contributed by atoms with Crippen LogP contribution in [0.2, 0.25) is 0 Å². The number of benzene rings is 1. The van der Waals surface area contributed by atoms with E-state index in [-0.39, 0.29) is 5.91 Å². The van der Waals surface area contributed by atoms with Crippen molar-refractivity contribution in [2.45, 2.75) is 13.3 Å². The molecule has 4 rings (SSSR count). The van der Waals surface area contributed by atoms with Crippen LogP contribution in [0.1, 0.15) is 23.1 Å². The number of aromatic nitrogens is 4. The second-order valence-corrected chi connectivity index (χ2v) is 5.51. The van der Waals surface area contributed by atoms with Crippen molar-refractivity contribution in [2.24, 2.45) is 0 Å². The monoisotopic (exact) mass is 317 g/mol. The number of nitrogens with zero attached hydrogens (tertiary/aromatic N) is 3. The lowest BCUT2D eigenvalue weighted by atomic mass is 10.1. The number of anilines is 1. The lowest BCUT2D eigenvalue weighted by Crippen LogP contribution is -2.15. The Morgan fingerprint density at radius 1 is 1.17 bits per heavy atom. The molecule has 0 unspecified atom stereocenters. The van der Waals surface area contributed by atoms with Crippen molar-refractivity contribution < 1.29 is 4.79 Å². The zero-order valence-electron chi connectivity index (χ0n) is 13.1. The predicted molar refractivity (Wildman–Crippen MR) is 93.0 cm³/mol. The van der Waals surface area contributed by atoms with Crippen LogP contribution in [0.3, 0.4) is 0 Å². The van der Waals surface area contributed by atoms with E-state index in [2.05, 4.69) is 25.5 Å². The number of aromatic amines is 1. The van der Waals surface area contributed by atoms with Crippen molar-refractivity contribution in [1.82, 2.24) is 20.2 Å². The van der Waals surface area contributed by atoms with E-state index in [1.807, 2.05) is 37.3 Å². The third kappa shape index (κ3) is 2.48. The van der Waals surface area contributed by atoms with Crippen LogP contribution in [0.25, 0.3) is 21.8 Å². The number of nitrogens with one attached hydrogen (secondary N) is 2. The van der Waals surface area contributed by atoms with Gasteiger partial charge in [0.2, 0.25) is 0 Å². The summed E-state index contributed by atoms with van der Waals surface area (Å²) in [7, 11) is 0. The van der Waals surface area contributed by atoms with Gasteiger partial charge in [0, 0.05) is 10.8 Å². The maximum Gasteiger partial charge on any atom is 0.274 e. The highest BCUT2D eigenvalue weighted by Crippen LogP contribution is 2.22. The summed E-state index contributed by atoms with van der Waals surface area (Å²) in [5.74, 6) is -0.259. The lowest BCUT2D eigenvalue weighted by Gasteiger charge is -2.10. The van der Waals surface area contributed by atoms with Crippen molar-refractivity contribution in [3.05, 3.63) is 60.2 Å². The lowest BCUT2D eigenvalue weighted by molar-refractivity contribution is 0.102. The Balaban J connectivity index is 1.70. The number of hydrogen-bond donors (Lipinski definition) is 2. The van der Waals surface area contributed by atoms with E-state index < -0.39 is 0 Å². The van der Waals surface area contributed by atoms with Gasteiger partial charge in [-0.05, 0) is 24.6 Å². The maximum atomic E-state index is 12.6. The van der Waals surface area contributed by atoms with Crippen LogP contribution in [0.4, 0.5) is 5.69 Å². The second-order valence-electron chi connectivity index (χ2n) is 5.51. The van der Waals surface area contributed by atoms with E-state index >= 15 is 0 Å². The number of carbonyl (C=O) groups excluding carboxylic acids is 1. The van der Waals surface area contributed by atoms with Gasteiger partial charge >= 0.3 is 0 Å². The van der Waals surface area contributed by atoms with E-state index in [9.17, 15) is 4.79 Å². The predicted octanol–water partition coefficient (Wildman–Crippen LogP) is 3.32. The molecule has 0 saturated heterocycles. The standard InChI is InChI=1S/C18H15N5O/c1-2-13-15(7-11-5-3-4-6-14(11)21-13)22-18(24)16-8-12-9-20-23-17(12)10-19-16/h3-10H,2H2,1H3,(H,20,23)(H,22,24). The van der Waals surface area contributed by atoms with Gasteiger partial charge in [0.05, 0.1) is 34.8 Å². The van der Waals surface area contributed by atoms with Gasteiger partial charge < -0.3 is 5.32 Å². The molecule has 3 aromatic heterocycles. The first-order chi connectivity index (χ1) is 11.7. The quantitative estimate of drug-likeness (QED) is 0.607. The fraction of sp³-hybridized carbons (Fsp3) is 0.111. The number of pyridine rings is 2. The second kappa shape index (κ2) is 5.73. The molecule has 0 aliphatic rings. The molecule has 2 N–H and O–H groups in total. The molecule has 6 nitrogen and oxygen atoms in total. The zero-order valence-corrected chi connectivity index (χ0v) is 13.1. The highest BCUT2D eigenvalue weighted by molar-refractivity contribution is 6.05. The number of hydrogen-bond acceptors (Lipinski definition) is 4. The first-order valence-corrected chi connectivity index (χ1v) is 7.74. The molecule has 24 heavy (non-hydrogen) atoms. The van der Waals surface area contributed by atoms with Crippen LogP contribution in [-0.4, -0.2) is 26.1 Å². The van der Waals surface area contributed by atoms with Gasteiger partial charge in [-0.25, -0.2) is 4.98 Å². The van der Waals surface area contributed by atoms with Crippen LogP contribution >= 0.6 is 0 Å². The van der Waals surface area contributed by atoms with Crippen molar-refractivity contribution in [3.63, 3.8) is 0 Å². The van der Waals surface area contributed by atoms with Gasteiger partial charge in [0.25, 0.3) is 5.91 Å². The van der Waals surface area contributed by atoms with Gasteiger partial charge in [-0.15, -0.1) is 0 Å². The molecule has 6 heteroatoms. The molecular formula is C18H15N5O. The number of amides is 1. The van der Waals surface area contributed by atoms with E-state index in [0.717, 1.165) is 39.6 Å². The molecule has 0 bridgehead atoms. The van der Waals surface area contributed by atoms with Crippen molar-refractivity contribution in [2.75, 3.05) is 5.32 Å². The number of aryl methyl sites for hydroxylation is 1. The minimum atomic E-state index is -0.259. The van der Waals surface area contributed by atoms with Gasteiger partial charge in [-0.3, -0.25) is 14.9 Å². The van der Waals surface area contributed by atoms with E-state index in [4.69, 9.17) is 0 Å². The van der Waals surface area contributed by atoms with E-state index in [1.54, 1.807) is 18.5 Å². The highest BCUT2D eigenvalue weighted by Gasteiger charge is 2.13. The fourth-order valence-corrected chi connectivity index (χ4v) is 2.69. The summed E-state index contributed by atoms with van der Waals surface area (Å²) in [6.45, 7) is 2.02. The summed E-state index contributed by atoms with van der Waals surface area (Å²) in [5.41, 5.74) is 3.64. The summed E-state index contributed by atoms with van der Waals surface area (Å²) in [4.78, 5) is 21.4. The number of H-pyrrole nitrogens is 1. The number of rotatable bonds is 3. The normalized spacial score (nSPS) is 11.0. The zero-order chi connectivity index (χ0) is 16.5. The smallest absolute Gasteiger partial charge is 0.274 e. The Hall–Kier alpha value is -3.28. The van der Waals surface area contributed by atoms with Crippen LogP contribution < -0.4 is 5.32 Å². The molecule has 0 radical (unpaired) electrons. The maximum absolute atomic E-state index is 12.6. The molecule has 0 atom stereocenters. The van der Waals surface area contributed by atoms with Crippen molar-refractivity contribution in [1.29, 1.82) is 0 Å². The minimum absolute atomic E-state index is 0.259. The molecule has 0 aliphatic heterocycles. The largest absolute Gasteiger partial charge is 0.319 e.